The van der Waals surface area contributed by atoms with Crippen molar-refractivity contribution in [2.24, 2.45) is 0 Å². The van der Waals surface area contributed by atoms with Crippen LogP contribution in [0.2, 0.25) is 0 Å². The summed E-state index contributed by atoms with van der Waals surface area (Å²) in [5, 5.41) is 0. The molecule has 3 aromatic heterocycles. The lowest BCUT2D eigenvalue weighted by molar-refractivity contribution is 0.122. The number of rotatable bonds is 4. The average Bonchev–Trinajstić information content (AvgIpc) is 3.20. The Bertz CT molecular complexity index is 1170. The van der Waals surface area contributed by atoms with E-state index in [0.29, 0.717) is 54.8 Å². The summed E-state index contributed by atoms with van der Waals surface area (Å²) in [6.45, 7) is 2.38. The summed E-state index contributed by atoms with van der Waals surface area (Å²) in [5.41, 5.74) is 2.44. The van der Waals surface area contributed by atoms with Crippen molar-refractivity contribution in [1.29, 1.82) is 0 Å². The summed E-state index contributed by atoms with van der Waals surface area (Å²) in [6, 6.07) is 12.4. The first-order valence-corrected chi connectivity index (χ1v) is 9.59. The molecule has 4 aromatic rings. The topological polar surface area (TPSA) is 69.0 Å². The minimum atomic E-state index is -2.75. The summed E-state index contributed by atoms with van der Waals surface area (Å²) >= 11 is 0. The number of nitrogens with zero attached hydrogens (tertiary/aromatic N) is 6. The van der Waals surface area contributed by atoms with Gasteiger partial charge < -0.3 is 9.64 Å². The number of benzene rings is 1. The van der Waals surface area contributed by atoms with Crippen LogP contribution >= 0.6 is 0 Å². The number of hydrogen-bond donors (Lipinski definition) is 0. The van der Waals surface area contributed by atoms with E-state index in [0.717, 1.165) is 5.56 Å². The number of para-hydroxylation sites is 2. The largest absolute Gasteiger partial charge is 0.378 e. The molecule has 0 amide bonds. The maximum atomic E-state index is 13.9. The molecule has 9 heteroatoms. The Morgan fingerprint density at radius 2 is 1.80 bits per heavy atom. The molecule has 30 heavy (non-hydrogen) atoms. The Balaban J connectivity index is 1.74. The minimum Gasteiger partial charge on any atom is -0.378 e. The number of pyridine rings is 1. The van der Waals surface area contributed by atoms with E-state index in [9.17, 15) is 8.78 Å². The van der Waals surface area contributed by atoms with Crippen LogP contribution in [0.3, 0.4) is 0 Å². The highest BCUT2D eigenvalue weighted by Gasteiger charge is 2.23. The van der Waals surface area contributed by atoms with Gasteiger partial charge in [0.25, 0.3) is 6.43 Å². The number of anilines is 1. The third-order valence-electron chi connectivity index (χ3n) is 4.96. The molecule has 0 unspecified atom stereocenters. The highest BCUT2D eigenvalue weighted by atomic mass is 19.3. The van der Waals surface area contributed by atoms with Crippen molar-refractivity contribution in [1.82, 2.24) is 24.5 Å². The number of morpholine rings is 1. The number of aromatic nitrogens is 5. The van der Waals surface area contributed by atoms with Crippen LogP contribution < -0.4 is 4.90 Å². The smallest absolute Gasteiger partial charge is 0.296 e. The molecule has 152 valence electrons. The molecule has 1 aromatic carbocycles. The standard InChI is InChI=1S/C21H18F2N6O/c22-19(23)20-25-15-5-1-2-6-17(15)29(20)18-12-16(14-4-3-7-24-13-14)26-21(27-18)28-8-10-30-11-9-28/h1-7,12-13,19H,8-11H2. The Morgan fingerprint density at radius 3 is 2.57 bits per heavy atom. The van der Waals surface area contributed by atoms with Gasteiger partial charge in [-0.1, -0.05) is 12.1 Å². The van der Waals surface area contributed by atoms with Crippen LogP contribution in [-0.4, -0.2) is 50.8 Å². The van der Waals surface area contributed by atoms with Gasteiger partial charge in [0.05, 0.1) is 29.9 Å². The van der Waals surface area contributed by atoms with E-state index < -0.39 is 6.43 Å². The van der Waals surface area contributed by atoms with E-state index in [2.05, 4.69) is 19.9 Å². The van der Waals surface area contributed by atoms with Crippen LogP contribution in [0, 0.1) is 0 Å². The number of imidazole rings is 1. The number of ether oxygens (including phenoxy) is 1. The molecule has 1 aliphatic rings. The summed E-state index contributed by atoms with van der Waals surface area (Å²) in [5.74, 6) is 0.460. The lowest BCUT2D eigenvalue weighted by Gasteiger charge is -2.27. The van der Waals surface area contributed by atoms with E-state index in [1.165, 1.54) is 4.57 Å². The van der Waals surface area contributed by atoms with Crippen molar-refractivity contribution >= 4 is 17.0 Å². The quantitative estimate of drug-likeness (QED) is 0.513. The second-order valence-corrected chi connectivity index (χ2v) is 6.85. The fourth-order valence-electron chi connectivity index (χ4n) is 3.54. The normalized spacial score (nSPS) is 14.6. The lowest BCUT2D eigenvalue weighted by Crippen LogP contribution is -2.37. The maximum absolute atomic E-state index is 13.9. The zero-order valence-electron chi connectivity index (χ0n) is 15.9. The molecule has 0 aliphatic carbocycles. The molecule has 1 fully saturated rings. The van der Waals surface area contributed by atoms with Gasteiger partial charge in [0.2, 0.25) is 5.95 Å². The van der Waals surface area contributed by atoms with Crippen LogP contribution in [0.15, 0.2) is 54.9 Å². The van der Waals surface area contributed by atoms with Gasteiger partial charge in [-0.25, -0.2) is 18.7 Å². The number of halogens is 2. The van der Waals surface area contributed by atoms with Crippen LogP contribution in [0.4, 0.5) is 14.7 Å². The molecule has 0 saturated carbocycles. The molecule has 1 aliphatic heterocycles. The highest BCUT2D eigenvalue weighted by molar-refractivity contribution is 5.78. The highest BCUT2D eigenvalue weighted by Crippen LogP contribution is 2.30. The maximum Gasteiger partial charge on any atom is 0.296 e. The average molecular weight is 408 g/mol. The zero-order chi connectivity index (χ0) is 20.5. The van der Waals surface area contributed by atoms with Crippen molar-refractivity contribution in [3.05, 3.63) is 60.7 Å². The van der Waals surface area contributed by atoms with Crippen LogP contribution in [0.1, 0.15) is 12.2 Å². The Morgan fingerprint density at radius 1 is 0.967 bits per heavy atom. The molecule has 0 spiro atoms. The molecular weight excluding hydrogens is 390 g/mol. The van der Waals surface area contributed by atoms with Gasteiger partial charge in [-0.3, -0.25) is 9.55 Å². The first-order valence-electron chi connectivity index (χ1n) is 9.59. The van der Waals surface area contributed by atoms with Crippen molar-refractivity contribution in [3.8, 4) is 17.1 Å². The molecule has 4 heterocycles. The Labute approximate surface area is 171 Å². The Hall–Kier alpha value is -3.46. The van der Waals surface area contributed by atoms with Crippen LogP contribution in [0.25, 0.3) is 28.1 Å². The van der Waals surface area contributed by atoms with Crippen LogP contribution in [-0.2, 0) is 4.74 Å². The van der Waals surface area contributed by atoms with E-state index in [1.54, 1.807) is 42.7 Å². The van der Waals surface area contributed by atoms with Crippen molar-refractivity contribution in [3.63, 3.8) is 0 Å². The summed E-state index contributed by atoms with van der Waals surface area (Å²) < 4.78 is 34.6. The van der Waals surface area contributed by atoms with E-state index >= 15 is 0 Å². The molecule has 1 saturated heterocycles. The second-order valence-electron chi connectivity index (χ2n) is 6.85. The lowest BCUT2D eigenvalue weighted by atomic mass is 10.2. The molecule has 0 N–H and O–H groups in total. The molecular formula is C21H18F2N6O. The molecule has 0 bridgehead atoms. The second kappa shape index (κ2) is 7.75. The Kier molecular flexibility index (Phi) is 4.80. The summed E-state index contributed by atoms with van der Waals surface area (Å²) in [7, 11) is 0. The summed E-state index contributed by atoms with van der Waals surface area (Å²) in [4.78, 5) is 19.6. The fourth-order valence-corrected chi connectivity index (χ4v) is 3.54. The first kappa shape index (κ1) is 18.6. The number of fused-ring (bicyclic) bond motifs is 1. The first-order chi connectivity index (χ1) is 14.7. The number of alkyl halides is 2. The van der Waals surface area contributed by atoms with Gasteiger partial charge in [0, 0.05) is 37.1 Å². The van der Waals surface area contributed by atoms with Crippen molar-refractivity contribution < 1.29 is 13.5 Å². The monoisotopic (exact) mass is 408 g/mol. The predicted octanol–water partition coefficient (Wildman–Crippen LogP) is 3.65. The van der Waals surface area contributed by atoms with Gasteiger partial charge in [-0.05, 0) is 24.3 Å². The van der Waals surface area contributed by atoms with E-state index in [-0.39, 0.29) is 5.82 Å². The van der Waals surface area contributed by atoms with Gasteiger partial charge >= 0.3 is 0 Å². The van der Waals surface area contributed by atoms with Gasteiger partial charge in [0.1, 0.15) is 5.82 Å². The predicted molar refractivity (Wildman–Crippen MR) is 108 cm³/mol. The minimum absolute atomic E-state index is 0.342. The fraction of sp³-hybridized carbons (Fsp3) is 0.238. The van der Waals surface area contributed by atoms with Gasteiger partial charge in [-0.2, -0.15) is 4.98 Å². The molecule has 7 nitrogen and oxygen atoms in total. The van der Waals surface area contributed by atoms with E-state index in [1.807, 2.05) is 17.0 Å². The van der Waals surface area contributed by atoms with Gasteiger partial charge in [0.15, 0.2) is 5.82 Å². The third-order valence-corrected chi connectivity index (χ3v) is 4.96. The molecule has 5 rings (SSSR count). The van der Waals surface area contributed by atoms with Crippen molar-refractivity contribution in [2.45, 2.75) is 6.43 Å². The zero-order valence-corrected chi connectivity index (χ0v) is 15.9. The van der Waals surface area contributed by atoms with Crippen molar-refractivity contribution in [2.75, 3.05) is 31.2 Å². The molecule has 0 atom stereocenters. The van der Waals surface area contributed by atoms with Crippen LogP contribution in [0.5, 0.6) is 0 Å². The number of hydrogen-bond acceptors (Lipinski definition) is 6. The SMILES string of the molecule is FC(F)c1nc2ccccc2n1-c1cc(-c2cccnc2)nc(N2CCOCC2)n1. The molecule has 0 radical (unpaired) electrons. The third kappa shape index (κ3) is 3.37. The van der Waals surface area contributed by atoms with E-state index in [4.69, 9.17) is 4.74 Å². The summed E-state index contributed by atoms with van der Waals surface area (Å²) in [6.07, 6.45) is 0.614. The van der Waals surface area contributed by atoms with Gasteiger partial charge in [-0.15, -0.1) is 0 Å².